The number of hydrogen-bond donors (Lipinski definition) is 2. The van der Waals surface area contributed by atoms with Gasteiger partial charge in [0.25, 0.3) is 0 Å². The number of hydrogen-bond acceptors (Lipinski definition) is 3. The van der Waals surface area contributed by atoms with Crippen LogP contribution in [0.2, 0.25) is 0 Å². The van der Waals surface area contributed by atoms with E-state index >= 15 is 0 Å². The zero-order valence-electron chi connectivity index (χ0n) is 8.58. The Bertz CT molecular complexity index is 191. The van der Waals surface area contributed by atoms with Gasteiger partial charge in [-0.15, -0.1) is 0 Å². The van der Waals surface area contributed by atoms with Crippen molar-refractivity contribution < 1.29 is 19.4 Å². The molecule has 2 N–H and O–H groups in total. The van der Waals surface area contributed by atoms with Crippen LogP contribution in [0.1, 0.15) is 26.7 Å². The summed E-state index contributed by atoms with van der Waals surface area (Å²) in [6.45, 7) is 5.67. The molecule has 1 atom stereocenters. The van der Waals surface area contributed by atoms with E-state index in [1.54, 1.807) is 0 Å². The van der Waals surface area contributed by atoms with E-state index in [-0.39, 0.29) is 5.91 Å². The van der Waals surface area contributed by atoms with Crippen LogP contribution in [0, 0.1) is 0 Å². The first kappa shape index (κ1) is 12.9. The highest BCUT2D eigenvalue weighted by Crippen LogP contribution is 2.05. The fourth-order valence-corrected chi connectivity index (χ4v) is 1.00. The van der Waals surface area contributed by atoms with Gasteiger partial charge in [-0.05, 0) is 20.3 Å². The maximum Gasteiger partial charge on any atom is 0.326 e. The van der Waals surface area contributed by atoms with Gasteiger partial charge >= 0.3 is 5.97 Å². The molecule has 0 aliphatic carbocycles. The molecular formula is C9H17NO4. The Morgan fingerprint density at radius 1 is 1.57 bits per heavy atom. The summed E-state index contributed by atoms with van der Waals surface area (Å²) in [6.07, 6.45) is 0.769. The zero-order chi connectivity index (χ0) is 11.0. The summed E-state index contributed by atoms with van der Waals surface area (Å²) < 4.78 is 4.83. The molecule has 1 rings (SSSR count). The number of aliphatic carboxylic acids is 1. The van der Waals surface area contributed by atoms with Crippen molar-refractivity contribution in [3.63, 3.8) is 0 Å². The van der Waals surface area contributed by atoms with E-state index in [0.29, 0.717) is 12.8 Å². The summed E-state index contributed by atoms with van der Waals surface area (Å²) in [6, 6.07) is -0.641. The molecule has 5 heteroatoms. The van der Waals surface area contributed by atoms with Crippen molar-refractivity contribution in [3.8, 4) is 0 Å². The molecule has 0 aromatic rings. The van der Waals surface area contributed by atoms with Crippen LogP contribution < -0.4 is 5.32 Å². The van der Waals surface area contributed by atoms with Gasteiger partial charge in [0.15, 0.2) is 0 Å². The zero-order valence-corrected chi connectivity index (χ0v) is 8.58. The molecule has 1 amide bonds. The van der Waals surface area contributed by atoms with Crippen molar-refractivity contribution in [1.82, 2.24) is 5.32 Å². The van der Waals surface area contributed by atoms with Gasteiger partial charge in [0.2, 0.25) is 5.91 Å². The van der Waals surface area contributed by atoms with Crippen LogP contribution in [-0.2, 0) is 14.3 Å². The van der Waals surface area contributed by atoms with E-state index in [4.69, 9.17) is 9.84 Å². The van der Waals surface area contributed by atoms with Gasteiger partial charge in [-0.1, -0.05) is 0 Å². The van der Waals surface area contributed by atoms with Gasteiger partial charge in [-0.25, -0.2) is 4.79 Å². The molecule has 82 valence electrons. The van der Waals surface area contributed by atoms with Crippen molar-refractivity contribution >= 4 is 11.9 Å². The van der Waals surface area contributed by atoms with Crippen LogP contribution in [0.15, 0.2) is 0 Å². The lowest BCUT2D eigenvalue weighted by atomic mass is 10.2. The molecule has 0 aromatic heterocycles. The van der Waals surface area contributed by atoms with Gasteiger partial charge in [-0.2, -0.15) is 0 Å². The third-order valence-corrected chi connectivity index (χ3v) is 1.70. The third kappa shape index (κ3) is 5.53. The van der Waals surface area contributed by atoms with Crippen molar-refractivity contribution in [1.29, 1.82) is 0 Å². The highest BCUT2D eigenvalue weighted by Gasteiger charge is 2.26. The number of carbonyl (C=O) groups is 2. The van der Waals surface area contributed by atoms with Gasteiger partial charge in [0.05, 0.1) is 0 Å². The summed E-state index contributed by atoms with van der Waals surface area (Å²) in [7, 11) is 0. The quantitative estimate of drug-likeness (QED) is 0.695. The summed E-state index contributed by atoms with van der Waals surface area (Å²) >= 11 is 0. The maximum atomic E-state index is 10.4. The minimum Gasteiger partial charge on any atom is -0.480 e. The first-order chi connectivity index (χ1) is 6.61. The Labute approximate surface area is 83.4 Å². The molecule has 0 aromatic carbocycles. The topological polar surface area (TPSA) is 75.6 Å². The SMILES string of the molecule is CCOCC.O=C1CCC(C(=O)O)N1. The smallest absolute Gasteiger partial charge is 0.326 e. The largest absolute Gasteiger partial charge is 0.480 e. The summed E-state index contributed by atoms with van der Waals surface area (Å²) in [5.74, 6) is -1.11. The molecule has 1 aliphatic rings. The average Bonchev–Trinajstić information content (AvgIpc) is 2.54. The van der Waals surface area contributed by atoms with E-state index in [1.165, 1.54) is 0 Å². The molecule has 5 nitrogen and oxygen atoms in total. The van der Waals surface area contributed by atoms with E-state index in [1.807, 2.05) is 13.8 Å². The van der Waals surface area contributed by atoms with Crippen molar-refractivity contribution in [3.05, 3.63) is 0 Å². The Balaban J connectivity index is 0.000000292. The molecule has 0 radical (unpaired) electrons. The second-order valence-electron chi connectivity index (χ2n) is 2.78. The molecule has 0 saturated carbocycles. The second-order valence-corrected chi connectivity index (χ2v) is 2.78. The minimum atomic E-state index is -0.944. The predicted octanol–water partition coefficient (Wildman–Crippen LogP) is 0.392. The van der Waals surface area contributed by atoms with E-state index in [9.17, 15) is 9.59 Å². The summed E-state index contributed by atoms with van der Waals surface area (Å²) in [5, 5.41) is 10.6. The lowest BCUT2D eigenvalue weighted by molar-refractivity contribution is -0.140. The van der Waals surface area contributed by atoms with Gasteiger partial charge in [0.1, 0.15) is 6.04 Å². The maximum absolute atomic E-state index is 10.4. The van der Waals surface area contributed by atoms with E-state index in [0.717, 1.165) is 13.2 Å². The number of carboxylic acids is 1. The number of rotatable bonds is 3. The summed E-state index contributed by atoms with van der Waals surface area (Å²) in [5.41, 5.74) is 0. The number of carbonyl (C=O) groups excluding carboxylic acids is 1. The lowest BCUT2D eigenvalue weighted by Gasteiger charge is -1.99. The monoisotopic (exact) mass is 203 g/mol. The number of nitrogens with one attached hydrogen (secondary N) is 1. The second kappa shape index (κ2) is 7.32. The van der Waals surface area contributed by atoms with Crippen molar-refractivity contribution in [2.75, 3.05) is 13.2 Å². The highest BCUT2D eigenvalue weighted by molar-refractivity contribution is 5.87. The Hall–Kier alpha value is -1.10. The Kier molecular flexibility index (Phi) is 6.74. The third-order valence-electron chi connectivity index (χ3n) is 1.70. The number of ether oxygens (including phenoxy) is 1. The molecule has 1 unspecified atom stereocenters. The molecule has 0 bridgehead atoms. The van der Waals surface area contributed by atoms with Crippen molar-refractivity contribution in [2.45, 2.75) is 32.7 Å². The first-order valence-electron chi connectivity index (χ1n) is 4.71. The average molecular weight is 203 g/mol. The standard InChI is InChI=1S/C5H7NO3.C4H10O/c7-4-2-1-3(6-4)5(8)9;1-3-5-4-2/h3H,1-2H2,(H,6,7)(H,8,9);3-4H2,1-2H3. The van der Waals surface area contributed by atoms with Crippen molar-refractivity contribution in [2.24, 2.45) is 0 Å². The fourth-order valence-electron chi connectivity index (χ4n) is 1.00. The van der Waals surface area contributed by atoms with Gasteiger partial charge in [0, 0.05) is 19.6 Å². The molecule has 14 heavy (non-hydrogen) atoms. The van der Waals surface area contributed by atoms with Crippen LogP contribution in [0.4, 0.5) is 0 Å². The normalized spacial score (nSPS) is 19.6. The van der Waals surface area contributed by atoms with Crippen LogP contribution in [0.25, 0.3) is 0 Å². The molecule has 1 fully saturated rings. The Morgan fingerprint density at radius 2 is 2.14 bits per heavy atom. The molecule has 0 spiro atoms. The minimum absolute atomic E-state index is 0.164. The fraction of sp³-hybridized carbons (Fsp3) is 0.778. The first-order valence-corrected chi connectivity index (χ1v) is 4.71. The molecule has 1 heterocycles. The lowest BCUT2D eigenvalue weighted by Crippen LogP contribution is -2.32. The predicted molar refractivity (Wildman–Crippen MR) is 51.0 cm³/mol. The molecular weight excluding hydrogens is 186 g/mol. The van der Waals surface area contributed by atoms with Crippen LogP contribution >= 0.6 is 0 Å². The number of amides is 1. The van der Waals surface area contributed by atoms with Crippen LogP contribution in [-0.4, -0.2) is 36.2 Å². The van der Waals surface area contributed by atoms with E-state index < -0.39 is 12.0 Å². The molecule has 1 aliphatic heterocycles. The van der Waals surface area contributed by atoms with Gasteiger partial charge in [-0.3, -0.25) is 4.79 Å². The van der Waals surface area contributed by atoms with E-state index in [2.05, 4.69) is 5.32 Å². The highest BCUT2D eigenvalue weighted by atomic mass is 16.5. The molecule has 1 saturated heterocycles. The number of carboxylic acid groups (broad SMARTS) is 1. The van der Waals surface area contributed by atoms with Gasteiger partial charge < -0.3 is 15.2 Å². The van der Waals surface area contributed by atoms with Crippen LogP contribution in [0.3, 0.4) is 0 Å². The summed E-state index contributed by atoms with van der Waals surface area (Å²) in [4.78, 5) is 20.5. The van der Waals surface area contributed by atoms with Crippen LogP contribution in [0.5, 0.6) is 0 Å². The Morgan fingerprint density at radius 3 is 2.29 bits per heavy atom.